The highest BCUT2D eigenvalue weighted by atomic mass is 14.7. The third-order valence-corrected chi connectivity index (χ3v) is 5.61. The summed E-state index contributed by atoms with van der Waals surface area (Å²) in [6, 6.07) is 13.3. The Morgan fingerprint density at radius 2 is 1.67 bits per heavy atom. The molecule has 0 amide bonds. The first-order chi connectivity index (χ1) is 10.2. The first-order valence-electron chi connectivity index (χ1n) is 8.18. The number of rotatable bonds is 2. The van der Waals surface area contributed by atoms with Crippen molar-refractivity contribution >= 4 is 10.8 Å². The van der Waals surface area contributed by atoms with Gasteiger partial charge in [0, 0.05) is 11.8 Å². The van der Waals surface area contributed by atoms with Gasteiger partial charge in [-0.2, -0.15) is 0 Å². The molecule has 3 aliphatic rings. The van der Waals surface area contributed by atoms with Crippen molar-refractivity contribution in [3.8, 4) is 11.3 Å². The fourth-order valence-electron chi connectivity index (χ4n) is 4.46. The van der Waals surface area contributed by atoms with Crippen LogP contribution < -0.4 is 0 Å². The van der Waals surface area contributed by atoms with E-state index in [-0.39, 0.29) is 5.41 Å². The van der Waals surface area contributed by atoms with Crippen LogP contribution in [-0.4, -0.2) is 4.98 Å². The van der Waals surface area contributed by atoms with Gasteiger partial charge in [-0.15, -0.1) is 0 Å². The predicted molar refractivity (Wildman–Crippen MR) is 89.9 cm³/mol. The Balaban J connectivity index is 2.02. The van der Waals surface area contributed by atoms with Gasteiger partial charge >= 0.3 is 0 Å². The van der Waals surface area contributed by atoms with Crippen LogP contribution in [0, 0.1) is 5.92 Å². The van der Waals surface area contributed by atoms with E-state index in [1.807, 2.05) is 0 Å². The van der Waals surface area contributed by atoms with Gasteiger partial charge in [0.25, 0.3) is 0 Å². The summed E-state index contributed by atoms with van der Waals surface area (Å²) in [4.78, 5) is 3.54. The van der Waals surface area contributed by atoms with Crippen LogP contribution in [-0.2, 0) is 5.41 Å². The number of aromatic nitrogens is 1. The fourth-order valence-corrected chi connectivity index (χ4v) is 4.46. The van der Waals surface area contributed by atoms with Crippen molar-refractivity contribution in [3.63, 3.8) is 0 Å². The van der Waals surface area contributed by atoms with Gasteiger partial charge in [0.15, 0.2) is 0 Å². The quantitative estimate of drug-likeness (QED) is 0.614. The number of hydrogen-bond acceptors (Lipinski definition) is 0. The minimum absolute atomic E-state index is 0.232. The number of nitrogens with one attached hydrogen (secondary N) is 1. The van der Waals surface area contributed by atoms with Crippen molar-refractivity contribution in [3.05, 3.63) is 48.2 Å². The SMILES string of the molecule is CC(C)(c1c2[nH]cccc-2c2ccccc12)C1CCCC1. The van der Waals surface area contributed by atoms with E-state index < -0.39 is 0 Å². The van der Waals surface area contributed by atoms with Gasteiger partial charge in [-0.05, 0) is 46.6 Å². The highest BCUT2D eigenvalue weighted by Gasteiger charge is 2.37. The van der Waals surface area contributed by atoms with Crippen molar-refractivity contribution in [2.24, 2.45) is 5.92 Å². The van der Waals surface area contributed by atoms with Gasteiger partial charge in [0.2, 0.25) is 0 Å². The van der Waals surface area contributed by atoms with Crippen LogP contribution in [0.2, 0.25) is 0 Å². The van der Waals surface area contributed by atoms with Crippen LogP contribution in [0.15, 0.2) is 42.6 Å². The lowest BCUT2D eigenvalue weighted by Crippen LogP contribution is -2.27. The molecule has 1 heterocycles. The largest absolute Gasteiger partial charge is 0.361 e. The summed E-state index contributed by atoms with van der Waals surface area (Å²) in [6.45, 7) is 4.90. The van der Waals surface area contributed by atoms with Crippen molar-refractivity contribution in [1.29, 1.82) is 0 Å². The predicted octanol–water partition coefficient (Wildman–Crippen LogP) is 5.74. The topological polar surface area (TPSA) is 15.8 Å². The number of pyridine rings is 1. The molecule has 1 N–H and O–H groups in total. The molecule has 108 valence electrons. The molecule has 2 aliphatic carbocycles. The smallest absolute Gasteiger partial charge is 0.0504 e. The van der Waals surface area contributed by atoms with Crippen molar-refractivity contribution < 1.29 is 0 Å². The second-order valence-corrected chi connectivity index (χ2v) is 7.08. The lowest BCUT2D eigenvalue weighted by atomic mass is 9.71. The molecular weight excluding hydrogens is 254 g/mol. The maximum absolute atomic E-state index is 3.54. The number of fused-ring (bicyclic) bond motifs is 3. The molecule has 1 nitrogen and oxygen atoms in total. The molecule has 4 rings (SSSR count). The van der Waals surface area contributed by atoms with Crippen LogP contribution in [0.4, 0.5) is 0 Å². The van der Waals surface area contributed by atoms with Crippen molar-refractivity contribution in [2.75, 3.05) is 0 Å². The van der Waals surface area contributed by atoms with Gasteiger partial charge in [0.1, 0.15) is 0 Å². The van der Waals surface area contributed by atoms with E-state index in [0.29, 0.717) is 0 Å². The van der Waals surface area contributed by atoms with Crippen LogP contribution in [0.1, 0.15) is 45.1 Å². The third kappa shape index (κ3) is 1.83. The molecule has 21 heavy (non-hydrogen) atoms. The fraction of sp³-hybridized carbons (Fsp3) is 0.400. The molecule has 0 aromatic heterocycles. The van der Waals surface area contributed by atoms with Crippen molar-refractivity contribution in [2.45, 2.75) is 44.9 Å². The zero-order chi connectivity index (χ0) is 14.4. The Hall–Kier alpha value is -1.76. The van der Waals surface area contributed by atoms with Crippen LogP contribution in [0.3, 0.4) is 0 Å². The Kier molecular flexibility index (Phi) is 2.85. The summed E-state index contributed by atoms with van der Waals surface area (Å²) in [5, 5.41) is 2.83. The Bertz CT molecular complexity index is 744. The molecule has 0 saturated heterocycles. The zero-order valence-electron chi connectivity index (χ0n) is 12.9. The highest BCUT2D eigenvalue weighted by molar-refractivity contribution is 6.05. The van der Waals surface area contributed by atoms with E-state index in [1.54, 1.807) is 0 Å². The number of benzene rings is 1. The summed E-state index contributed by atoms with van der Waals surface area (Å²) >= 11 is 0. The minimum Gasteiger partial charge on any atom is -0.361 e. The molecular formula is C20H23N. The number of H-pyrrole nitrogens is 1. The Labute approximate surface area is 126 Å². The van der Waals surface area contributed by atoms with E-state index in [9.17, 15) is 0 Å². The van der Waals surface area contributed by atoms with Gasteiger partial charge in [0.05, 0.1) is 5.69 Å². The highest BCUT2D eigenvalue weighted by Crippen LogP contribution is 2.49. The molecule has 0 bridgehead atoms. The molecule has 1 aromatic carbocycles. The normalized spacial score (nSPS) is 17.0. The second-order valence-electron chi connectivity index (χ2n) is 7.08. The van der Waals surface area contributed by atoms with Crippen LogP contribution in [0.25, 0.3) is 22.0 Å². The summed E-state index contributed by atoms with van der Waals surface area (Å²) < 4.78 is 0. The van der Waals surface area contributed by atoms with Crippen LogP contribution in [0.5, 0.6) is 0 Å². The summed E-state index contributed by atoms with van der Waals surface area (Å²) in [5.41, 5.74) is 4.47. The van der Waals surface area contributed by atoms with Crippen molar-refractivity contribution in [1.82, 2.24) is 4.98 Å². The van der Waals surface area contributed by atoms with Crippen LogP contribution >= 0.6 is 0 Å². The van der Waals surface area contributed by atoms with Gasteiger partial charge < -0.3 is 4.98 Å². The molecule has 1 aromatic rings. The molecule has 1 aliphatic heterocycles. The third-order valence-electron chi connectivity index (χ3n) is 5.61. The molecule has 0 spiro atoms. The van der Waals surface area contributed by atoms with Gasteiger partial charge in [-0.1, -0.05) is 57.0 Å². The lowest BCUT2D eigenvalue weighted by molar-refractivity contribution is 0.328. The first kappa shape index (κ1) is 12.9. The summed E-state index contributed by atoms with van der Waals surface area (Å²) in [6.07, 6.45) is 7.61. The van der Waals surface area contributed by atoms with E-state index in [1.165, 1.54) is 53.3 Å². The summed E-state index contributed by atoms with van der Waals surface area (Å²) in [7, 11) is 0. The molecule has 1 saturated carbocycles. The average molecular weight is 277 g/mol. The Morgan fingerprint density at radius 3 is 2.43 bits per heavy atom. The number of aromatic amines is 1. The molecule has 0 radical (unpaired) electrons. The Morgan fingerprint density at radius 1 is 0.952 bits per heavy atom. The van der Waals surface area contributed by atoms with E-state index in [2.05, 4.69) is 61.4 Å². The van der Waals surface area contributed by atoms with Gasteiger partial charge in [-0.3, -0.25) is 0 Å². The first-order valence-corrected chi connectivity index (χ1v) is 8.18. The van der Waals surface area contributed by atoms with E-state index >= 15 is 0 Å². The van der Waals surface area contributed by atoms with E-state index in [0.717, 1.165) is 5.92 Å². The molecule has 1 fully saturated rings. The maximum Gasteiger partial charge on any atom is 0.0504 e. The molecule has 0 atom stereocenters. The molecule has 0 unspecified atom stereocenters. The molecule has 1 heteroatoms. The van der Waals surface area contributed by atoms with E-state index in [4.69, 9.17) is 0 Å². The zero-order valence-corrected chi connectivity index (χ0v) is 12.9. The second kappa shape index (κ2) is 4.62. The monoisotopic (exact) mass is 277 g/mol. The lowest BCUT2D eigenvalue weighted by Gasteiger charge is -2.33. The standard InChI is InChI=1S/C20H23N/c1-20(2,14-8-3-4-9-14)18-16-11-6-5-10-15(16)17-12-7-13-21-19(17)18/h5-7,10-14,21H,3-4,8-9H2,1-2H3. The minimum atomic E-state index is 0.232. The number of hydrogen-bond donors (Lipinski definition) is 1. The average Bonchev–Trinajstić information content (AvgIpc) is 3.14. The maximum atomic E-state index is 3.54. The summed E-state index contributed by atoms with van der Waals surface area (Å²) in [5.74, 6) is 0.806. The van der Waals surface area contributed by atoms with Gasteiger partial charge in [-0.25, -0.2) is 0 Å².